The van der Waals surface area contributed by atoms with Gasteiger partial charge in [0.15, 0.2) is 5.58 Å². The van der Waals surface area contributed by atoms with Crippen LogP contribution in [0.4, 0.5) is 5.69 Å². The summed E-state index contributed by atoms with van der Waals surface area (Å²) in [7, 11) is 0. The maximum absolute atomic E-state index is 13.7. The molecule has 1 aliphatic rings. The molecule has 12 heteroatoms. The molecule has 6 N–H and O–H groups in total. The molecule has 0 bridgehead atoms. The Balaban J connectivity index is 1.34. The van der Waals surface area contributed by atoms with Crippen LogP contribution in [-0.4, -0.2) is 46.3 Å². The third-order valence-electron chi connectivity index (χ3n) is 8.37. The summed E-state index contributed by atoms with van der Waals surface area (Å²) in [6, 6.07) is 13.4. The zero-order chi connectivity index (χ0) is 33.0. The quantitative estimate of drug-likeness (QED) is 0.166. The highest BCUT2D eigenvalue weighted by Gasteiger charge is 2.29. The fourth-order valence-corrected chi connectivity index (χ4v) is 6.12. The number of rotatable bonds is 10. The fraction of sp³-hybridized carbons (Fsp3) is 0.382. The highest BCUT2D eigenvalue weighted by Crippen LogP contribution is 2.29. The fourth-order valence-electron chi connectivity index (χ4n) is 5.86. The number of halogens is 1. The average Bonchev–Trinajstić information content (AvgIpc) is 3.41. The standard InChI is InChI=1S/C34H39ClN6O5/c1-18(2)37-32(43)27-13-12-25(19(3)38-27)22-8-4-20(5-9-22)14-29(40-31(42)23-10-6-21(17-36)7-11-23)33(44)39-24-15-26(35)30-28(16-24)41-34(45)46-30/h4-5,8-9,12-13,15-16,18,21,23,29H,6-7,10-11,14,17,36H2,1-3H3,(H,37,43)(H,39,44)(H,40,42)(H,41,45)/t21?,23?,29-/m0/s1. The first-order chi connectivity index (χ1) is 22.0. The van der Waals surface area contributed by atoms with Crippen molar-refractivity contribution in [3.8, 4) is 11.1 Å². The number of oxazole rings is 1. The lowest BCUT2D eigenvalue weighted by Gasteiger charge is -2.28. The van der Waals surface area contributed by atoms with Crippen LogP contribution in [0.3, 0.4) is 0 Å². The molecule has 1 aliphatic carbocycles. The lowest BCUT2D eigenvalue weighted by Crippen LogP contribution is -2.48. The number of pyridine rings is 1. The Labute approximate surface area is 271 Å². The summed E-state index contributed by atoms with van der Waals surface area (Å²) in [5, 5.41) is 8.85. The van der Waals surface area contributed by atoms with E-state index < -0.39 is 17.7 Å². The van der Waals surface area contributed by atoms with Crippen molar-refractivity contribution in [1.29, 1.82) is 0 Å². The number of aromatic amines is 1. The summed E-state index contributed by atoms with van der Waals surface area (Å²) in [4.78, 5) is 58.1. The van der Waals surface area contributed by atoms with Gasteiger partial charge in [0.2, 0.25) is 11.8 Å². The van der Waals surface area contributed by atoms with Gasteiger partial charge in [0.1, 0.15) is 11.7 Å². The number of anilines is 1. The van der Waals surface area contributed by atoms with Gasteiger partial charge in [-0.25, -0.2) is 9.78 Å². The molecule has 0 saturated heterocycles. The summed E-state index contributed by atoms with van der Waals surface area (Å²) in [6.07, 6.45) is 3.45. The van der Waals surface area contributed by atoms with Gasteiger partial charge in [-0.2, -0.15) is 0 Å². The molecule has 11 nitrogen and oxygen atoms in total. The number of fused-ring (bicyclic) bond motifs is 1. The number of nitrogens with zero attached hydrogens (tertiary/aromatic N) is 1. The molecule has 1 atom stereocenters. The van der Waals surface area contributed by atoms with Crippen LogP contribution in [0.15, 0.2) is 57.7 Å². The van der Waals surface area contributed by atoms with Gasteiger partial charge in [-0.05, 0) is 88.2 Å². The van der Waals surface area contributed by atoms with E-state index in [1.54, 1.807) is 12.1 Å². The number of aromatic nitrogens is 2. The van der Waals surface area contributed by atoms with Crippen LogP contribution >= 0.6 is 11.6 Å². The minimum atomic E-state index is -0.884. The number of carbonyl (C=O) groups is 3. The maximum atomic E-state index is 13.7. The Kier molecular flexibility index (Phi) is 10.2. The lowest BCUT2D eigenvalue weighted by atomic mass is 9.81. The number of aryl methyl sites for hydroxylation is 1. The molecule has 0 aliphatic heterocycles. The number of nitrogens with two attached hydrogens (primary N) is 1. The Morgan fingerprint density at radius 1 is 1.04 bits per heavy atom. The van der Waals surface area contributed by atoms with Crippen LogP contribution in [0.5, 0.6) is 0 Å². The molecule has 1 saturated carbocycles. The van der Waals surface area contributed by atoms with Crippen molar-refractivity contribution in [3.63, 3.8) is 0 Å². The summed E-state index contributed by atoms with van der Waals surface area (Å²) < 4.78 is 5.06. The van der Waals surface area contributed by atoms with E-state index in [9.17, 15) is 19.2 Å². The van der Waals surface area contributed by atoms with Crippen molar-refractivity contribution >= 4 is 46.1 Å². The molecule has 3 amide bonds. The molecule has 2 aromatic heterocycles. The number of H-pyrrole nitrogens is 1. The molecule has 0 spiro atoms. The highest BCUT2D eigenvalue weighted by atomic mass is 35.5. The van der Waals surface area contributed by atoms with Crippen LogP contribution in [-0.2, 0) is 16.0 Å². The molecular weight excluding hydrogens is 608 g/mol. The smallest absolute Gasteiger partial charge is 0.406 e. The molecule has 46 heavy (non-hydrogen) atoms. The third kappa shape index (κ3) is 7.83. The van der Waals surface area contributed by atoms with Gasteiger partial charge in [-0.3, -0.25) is 19.4 Å². The second kappa shape index (κ2) is 14.3. The lowest BCUT2D eigenvalue weighted by molar-refractivity contribution is -0.130. The van der Waals surface area contributed by atoms with Gasteiger partial charge in [-0.15, -0.1) is 0 Å². The summed E-state index contributed by atoms with van der Waals surface area (Å²) in [6.45, 7) is 6.26. The minimum Gasteiger partial charge on any atom is -0.406 e. The number of benzene rings is 2. The number of nitrogens with one attached hydrogen (secondary N) is 4. The molecule has 242 valence electrons. The Bertz CT molecular complexity index is 1790. The number of carbonyl (C=O) groups excluding carboxylic acids is 3. The Morgan fingerprint density at radius 2 is 1.76 bits per heavy atom. The first-order valence-electron chi connectivity index (χ1n) is 15.5. The second-order valence-corrected chi connectivity index (χ2v) is 12.6. The van der Waals surface area contributed by atoms with E-state index in [4.69, 9.17) is 21.8 Å². The van der Waals surface area contributed by atoms with Crippen LogP contribution in [0.1, 0.15) is 61.3 Å². The van der Waals surface area contributed by atoms with Crippen LogP contribution in [0.2, 0.25) is 5.02 Å². The molecule has 4 aromatic rings. The number of amides is 3. The first kappa shape index (κ1) is 32.9. The number of hydrogen-bond donors (Lipinski definition) is 5. The summed E-state index contributed by atoms with van der Waals surface area (Å²) in [5.74, 6) is -1.24. The molecule has 0 unspecified atom stereocenters. The van der Waals surface area contributed by atoms with Crippen molar-refractivity contribution in [2.45, 2.75) is 65.0 Å². The van der Waals surface area contributed by atoms with E-state index in [2.05, 4.69) is 25.9 Å². The van der Waals surface area contributed by atoms with Gasteiger partial charge < -0.3 is 26.1 Å². The van der Waals surface area contributed by atoms with Crippen molar-refractivity contribution in [1.82, 2.24) is 20.6 Å². The molecule has 2 heterocycles. The predicted molar refractivity (Wildman–Crippen MR) is 178 cm³/mol. The largest absolute Gasteiger partial charge is 0.417 e. The van der Waals surface area contributed by atoms with Crippen LogP contribution in [0.25, 0.3) is 22.2 Å². The van der Waals surface area contributed by atoms with Crippen molar-refractivity contribution in [2.75, 3.05) is 11.9 Å². The minimum absolute atomic E-state index is 0.00665. The maximum Gasteiger partial charge on any atom is 0.417 e. The summed E-state index contributed by atoms with van der Waals surface area (Å²) >= 11 is 6.29. The van der Waals surface area contributed by atoms with E-state index in [1.807, 2.05) is 51.1 Å². The molecular formula is C34H39ClN6O5. The monoisotopic (exact) mass is 646 g/mol. The number of hydrogen-bond acceptors (Lipinski definition) is 7. The van der Waals surface area contributed by atoms with Crippen LogP contribution in [0, 0.1) is 18.8 Å². The molecule has 2 aromatic carbocycles. The van der Waals surface area contributed by atoms with Gasteiger partial charge in [0.25, 0.3) is 5.91 Å². The SMILES string of the molecule is Cc1nc(C(=O)NC(C)C)ccc1-c1ccc(C[C@H](NC(=O)C2CCC(CN)CC2)C(=O)Nc2cc(Cl)c3oc(=O)[nH]c3c2)cc1. The summed E-state index contributed by atoms with van der Waals surface area (Å²) in [5.41, 5.74) is 10.4. The Hall–Kier alpha value is -4.48. The van der Waals surface area contributed by atoms with Gasteiger partial charge in [0, 0.05) is 35.3 Å². The van der Waals surface area contributed by atoms with Crippen molar-refractivity contribution in [3.05, 3.63) is 81.1 Å². The normalized spacial score (nSPS) is 17.1. The predicted octanol–water partition coefficient (Wildman–Crippen LogP) is 4.71. The van der Waals surface area contributed by atoms with Crippen molar-refractivity contribution in [2.24, 2.45) is 17.6 Å². The van der Waals surface area contributed by atoms with Crippen molar-refractivity contribution < 1.29 is 18.8 Å². The van der Waals surface area contributed by atoms with E-state index >= 15 is 0 Å². The third-order valence-corrected chi connectivity index (χ3v) is 8.65. The van der Waals surface area contributed by atoms with Crippen LogP contribution < -0.4 is 27.4 Å². The second-order valence-electron chi connectivity index (χ2n) is 12.2. The first-order valence-corrected chi connectivity index (χ1v) is 15.9. The molecule has 1 fully saturated rings. The average molecular weight is 647 g/mol. The van der Waals surface area contributed by atoms with Gasteiger partial charge in [-0.1, -0.05) is 41.9 Å². The van der Waals surface area contributed by atoms with Gasteiger partial charge >= 0.3 is 5.76 Å². The molecule has 0 radical (unpaired) electrons. The van der Waals surface area contributed by atoms with E-state index in [-0.39, 0.29) is 40.8 Å². The zero-order valence-electron chi connectivity index (χ0n) is 26.1. The Morgan fingerprint density at radius 3 is 2.41 bits per heavy atom. The highest BCUT2D eigenvalue weighted by molar-refractivity contribution is 6.35. The zero-order valence-corrected chi connectivity index (χ0v) is 26.9. The van der Waals surface area contributed by atoms with Gasteiger partial charge in [0.05, 0.1) is 10.5 Å². The van der Waals surface area contributed by atoms with E-state index in [1.165, 1.54) is 6.07 Å². The molecule has 5 rings (SSSR count). The topological polar surface area (TPSA) is 172 Å². The van der Waals surface area contributed by atoms with E-state index in [0.717, 1.165) is 42.4 Å². The van der Waals surface area contributed by atoms with E-state index in [0.29, 0.717) is 35.1 Å².